The summed E-state index contributed by atoms with van der Waals surface area (Å²) in [6.45, 7) is 6.46. The molecule has 6 nitrogen and oxygen atoms in total. The van der Waals surface area contributed by atoms with Crippen LogP contribution in [0.4, 0.5) is 10.2 Å². The summed E-state index contributed by atoms with van der Waals surface area (Å²) in [5.41, 5.74) is 0.905. The van der Waals surface area contributed by atoms with Crippen molar-refractivity contribution in [1.82, 2.24) is 14.9 Å². The van der Waals surface area contributed by atoms with Crippen LogP contribution in [0.2, 0.25) is 0 Å². The largest absolute Gasteiger partial charge is 0.436 e. The monoisotopic (exact) mass is 344 g/mol. The van der Waals surface area contributed by atoms with E-state index in [1.54, 1.807) is 18.2 Å². The van der Waals surface area contributed by atoms with Gasteiger partial charge in [0.15, 0.2) is 11.6 Å². The van der Waals surface area contributed by atoms with E-state index in [0.29, 0.717) is 44.3 Å². The molecule has 0 saturated carbocycles. The van der Waals surface area contributed by atoms with E-state index in [4.69, 9.17) is 4.74 Å². The van der Waals surface area contributed by atoms with Crippen LogP contribution in [0.15, 0.2) is 30.6 Å². The molecular formula is C18H21FN4O2. The predicted molar refractivity (Wildman–Crippen MR) is 92.3 cm³/mol. The molecule has 25 heavy (non-hydrogen) atoms. The Morgan fingerprint density at radius 1 is 1.20 bits per heavy atom. The van der Waals surface area contributed by atoms with Crippen molar-refractivity contribution < 1.29 is 13.9 Å². The molecule has 0 atom stereocenters. The third-order valence-corrected chi connectivity index (χ3v) is 4.19. The second-order valence-corrected chi connectivity index (χ2v) is 5.97. The van der Waals surface area contributed by atoms with Gasteiger partial charge in [0, 0.05) is 38.7 Å². The molecule has 1 fully saturated rings. The number of benzene rings is 1. The summed E-state index contributed by atoms with van der Waals surface area (Å²) in [5, 5.41) is 0. The number of carbonyl (C=O) groups excluding carboxylic acids is 1. The standard InChI is InChI=1S/C18H21FN4O2/c1-3-18(24)23-8-6-22(7-9-23)16-11-17(21-12-20-16)25-15-10-13(2)4-5-14(15)19/h4-5,10-12H,3,6-9H2,1-2H3. The van der Waals surface area contributed by atoms with E-state index in [2.05, 4.69) is 14.9 Å². The zero-order valence-electron chi connectivity index (χ0n) is 14.4. The molecule has 1 amide bonds. The van der Waals surface area contributed by atoms with Gasteiger partial charge in [-0.25, -0.2) is 14.4 Å². The first-order chi connectivity index (χ1) is 12.1. The highest BCUT2D eigenvalue weighted by Gasteiger charge is 2.21. The highest BCUT2D eigenvalue weighted by molar-refractivity contribution is 5.76. The van der Waals surface area contributed by atoms with Crippen molar-refractivity contribution in [2.24, 2.45) is 0 Å². The van der Waals surface area contributed by atoms with E-state index >= 15 is 0 Å². The van der Waals surface area contributed by atoms with E-state index in [0.717, 1.165) is 5.56 Å². The minimum absolute atomic E-state index is 0.142. The molecule has 1 aromatic heterocycles. The number of hydrogen-bond acceptors (Lipinski definition) is 5. The van der Waals surface area contributed by atoms with Crippen molar-refractivity contribution in [3.05, 3.63) is 42.0 Å². The number of halogens is 1. The average molecular weight is 344 g/mol. The Balaban J connectivity index is 1.70. The number of aryl methyl sites for hydroxylation is 1. The molecule has 1 aromatic carbocycles. The summed E-state index contributed by atoms with van der Waals surface area (Å²) in [7, 11) is 0. The van der Waals surface area contributed by atoms with Gasteiger partial charge in [-0.2, -0.15) is 0 Å². The Morgan fingerprint density at radius 2 is 1.96 bits per heavy atom. The summed E-state index contributed by atoms with van der Waals surface area (Å²) >= 11 is 0. The van der Waals surface area contributed by atoms with Crippen LogP contribution in [0.5, 0.6) is 11.6 Å². The molecule has 0 spiro atoms. The minimum atomic E-state index is -0.433. The third-order valence-electron chi connectivity index (χ3n) is 4.19. The SMILES string of the molecule is CCC(=O)N1CCN(c2cc(Oc3cc(C)ccc3F)ncn2)CC1. The number of hydrogen-bond donors (Lipinski definition) is 0. The second kappa shape index (κ2) is 7.46. The zero-order chi connectivity index (χ0) is 17.8. The maximum absolute atomic E-state index is 13.8. The maximum Gasteiger partial charge on any atom is 0.224 e. The van der Waals surface area contributed by atoms with Gasteiger partial charge in [-0.15, -0.1) is 0 Å². The normalized spacial score (nSPS) is 14.5. The van der Waals surface area contributed by atoms with Gasteiger partial charge in [0.2, 0.25) is 11.8 Å². The summed E-state index contributed by atoms with van der Waals surface area (Å²) in [6, 6.07) is 6.38. The van der Waals surface area contributed by atoms with Crippen LogP contribution in [0.1, 0.15) is 18.9 Å². The molecular weight excluding hydrogens is 323 g/mol. The molecule has 2 heterocycles. The van der Waals surface area contributed by atoms with Gasteiger partial charge in [0.25, 0.3) is 0 Å². The molecule has 0 radical (unpaired) electrons. The van der Waals surface area contributed by atoms with E-state index in [-0.39, 0.29) is 11.7 Å². The molecule has 0 aliphatic carbocycles. The van der Waals surface area contributed by atoms with E-state index in [1.807, 2.05) is 18.7 Å². The Morgan fingerprint density at radius 3 is 2.68 bits per heavy atom. The van der Waals surface area contributed by atoms with E-state index < -0.39 is 5.82 Å². The molecule has 1 aliphatic heterocycles. The molecule has 1 saturated heterocycles. The quantitative estimate of drug-likeness (QED) is 0.854. The van der Waals surface area contributed by atoms with E-state index in [1.165, 1.54) is 12.4 Å². The highest BCUT2D eigenvalue weighted by Crippen LogP contribution is 2.26. The lowest BCUT2D eigenvalue weighted by Gasteiger charge is -2.35. The van der Waals surface area contributed by atoms with Crippen molar-refractivity contribution in [3.63, 3.8) is 0 Å². The van der Waals surface area contributed by atoms with Gasteiger partial charge in [-0.1, -0.05) is 13.0 Å². The highest BCUT2D eigenvalue weighted by atomic mass is 19.1. The van der Waals surface area contributed by atoms with Gasteiger partial charge in [-0.3, -0.25) is 4.79 Å². The lowest BCUT2D eigenvalue weighted by molar-refractivity contribution is -0.131. The number of ether oxygens (including phenoxy) is 1. The molecule has 3 rings (SSSR count). The Bertz CT molecular complexity index is 760. The van der Waals surface area contributed by atoms with Crippen molar-refractivity contribution in [2.75, 3.05) is 31.1 Å². The molecule has 2 aromatic rings. The number of aromatic nitrogens is 2. The first-order valence-corrected chi connectivity index (χ1v) is 8.35. The van der Waals surface area contributed by atoms with Crippen LogP contribution in [-0.4, -0.2) is 47.0 Å². The number of piperazine rings is 1. The number of anilines is 1. The average Bonchev–Trinajstić information content (AvgIpc) is 2.64. The molecule has 1 aliphatic rings. The Hall–Kier alpha value is -2.70. The summed E-state index contributed by atoms with van der Waals surface area (Å²) in [5.74, 6) is 0.880. The lowest BCUT2D eigenvalue weighted by atomic mass is 10.2. The number of nitrogens with zero attached hydrogens (tertiary/aromatic N) is 4. The topological polar surface area (TPSA) is 58.6 Å². The second-order valence-electron chi connectivity index (χ2n) is 5.97. The number of rotatable bonds is 4. The first-order valence-electron chi connectivity index (χ1n) is 8.35. The minimum Gasteiger partial charge on any atom is -0.436 e. The maximum atomic E-state index is 13.8. The molecule has 0 N–H and O–H groups in total. The third kappa shape index (κ3) is 4.04. The molecule has 7 heteroatoms. The van der Waals surface area contributed by atoms with Crippen LogP contribution in [0.3, 0.4) is 0 Å². The van der Waals surface area contributed by atoms with Gasteiger partial charge in [0.05, 0.1) is 0 Å². The van der Waals surface area contributed by atoms with Crippen molar-refractivity contribution in [3.8, 4) is 11.6 Å². The van der Waals surface area contributed by atoms with Crippen LogP contribution >= 0.6 is 0 Å². The van der Waals surface area contributed by atoms with Crippen LogP contribution < -0.4 is 9.64 Å². The van der Waals surface area contributed by atoms with Crippen LogP contribution in [0.25, 0.3) is 0 Å². The lowest BCUT2D eigenvalue weighted by Crippen LogP contribution is -2.48. The van der Waals surface area contributed by atoms with Crippen molar-refractivity contribution >= 4 is 11.7 Å². The van der Waals surface area contributed by atoms with Gasteiger partial charge >= 0.3 is 0 Å². The first kappa shape index (κ1) is 17.1. The van der Waals surface area contributed by atoms with E-state index in [9.17, 15) is 9.18 Å². The fourth-order valence-electron chi connectivity index (χ4n) is 2.77. The molecule has 0 bridgehead atoms. The number of carbonyl (C=O) groups is 1. The van der Waals surface area contributed by atoms with Gasteiger partial charge < -0.3 is 14.5 Å². The Kier molecular flexibility index (Phi) is 5.11. The summed E-state index contributed by atoms with van der Waals surface area (Å²) < 4.78 is 19.4. The molecule has 132 valence electrons. The Labute approximate surface area is 146 Å². The number of amides is 1. The van der Waals surface area contributed by atoms with Gasteiger partial charge in [-0.05, 0) is 24.6 Å². The zero-order valence-corrected chi connectivity index (χ0v) is 14.4. The van der Waals surface area contributed by atoms with Gasteiger partial charge in [0.1, 0.15) is 12.1 Å². The van der Waals surface area contributed by atoms with Crippen molar-refractivity contribution in [2.45, 2.75) is 20.3 Å². The molecule has 0 unspecified atom stereocenters. The van der Waals surface area contributed by atoms with Crippen LogP contribution in [0, 0.1) is 12.7 Å². The van der Waals surface area contributed by atoms with Crippen LogP contribution in [-0.2, 0) is 4.79 Å². The summed E-state index contributed by atoms with van der Waals surface area (Å²) in [4.78, 5) is 24.0. The smallest absolute Gasteiger partial charge is 0.224 e. The fourth-order valence-corrected chi connectivity index (χ4v) is 2.77. The summed E-state index contributed by atoms with van der Waals surface area (Å²) in [6.07, 6.45) is 1.93. The fraction of sp³-hybridized carbons (Fsp3) is 0.389. The predicted octanol–water partition coefficient (Wildman–Crippen LogP) is 2.78. The van der Waals surface area contributed by atoms with Crippen molar-refractivity contribution in [1.29, 1.82) is 0 Å².